The molecule has 0 bridgehead atoms. The van der Waals surface area contributed by atoms with Crippen LogP contribution in [0.15, 0.2) is 29.8 Å². The fourth-order valence-corrected chi connectivity index (χ4v) is 7.06. The Bertz CT molecular complexity index is 1370. The van der Waals surface area contributed by atoms with Crippen molar-refractivity contribution < 1.29 is 38.0 Å². The molecule has 210 valence electrons. The molecule has 0 fully saturated rings. The Hall–Kier alpha value is -3.33. The quantitative estimate of drug-likeness (QED) is 0.209. The fourth-order valence-electron chi connectivity index (χ4n) is 4.91. The summed E-state index contributed by atoms with van der Waals surface area (Å²) in [6.07, 6.45) is 1.99. The number of benzene rings is 2. The number of ether oxygens (including phenoxy) is 3. The van der Waals surface area contributed by atoms with Crippen molar-refractivity contribution in [1.82, 2.24) is 10.4 Å². The Kier molecular flexibility index (Phi) is 8.69. The molecule has 1 unspecified atom stereocenters. The number of carbonyl (C=O) groups is 2. The molecule has 4 rings (SSSR count). The summed E-state index contributed by atoms with van der Waals surface area (Å²) >= 11 is 0. The molecule has 2 aliphatic rings. The van der Waals surface area contributed by atoms with Crippen LogP contribution in [0.1, 0.15) is 58.9 Å². The van der Waals surface area contributed by atoms with Gasteiger partial charge in [0.25, 0.3) is 0 Å². The molecule has 39 heavy (non-hydrogen) atoms. The van der Waals surface area contributed by atoms with Crippen LogP contribution in [0.25, 0.3) is 0 Å². The van der Waals surface area contributed by atoms with Gasteiger partial charge in [-0.15, -0.1) is 0 Å². The maximum Gasteiger partial charge on any atom is 0.342 e. The van der Waals surface area contributed by atoms with Gasteiger partial charge >= 0.3 is 19.5 Å². The number of phenolic OH excluding ortho intramolecular Hbond substituents is 1. The molecule has 2 aliphatic heterocycles. The van der Waals surface area contributed by atoms with Crippen LogP contribution >= 0.6 is 7.52 Å². The lowest BCUT2D eigenvalue weighted by Gasteiger charge is -2.24. The van der Waals surface area contributed by atoms with Gasteiger partial charge in [0, 0.05) is 24.2 Å². The number of allylic oxidation sites excluding steroid dienone is 2. The van der Waals surface area contributed by atoms with Crippen LogP contribution < -0.4 is 19.7 Å². The summed E-state index contributed by atoms with van der Waals surface area (Å²) in [5, 5.41) is 17.0. The van der Waals surface area contributed by atoms with Crippen LogP contribution in [0.5, 0.6) is 17.2 Å². The van der Waals surface area contributed by atoms with E-state index in [1.807, 2.05) is 19.1 Å². The van der Waals surface area contributed by atoms with Crippen LogP contribution in [0.4, 0.5) is 0 Å². The number of aromatic hydroxyl groups is 1. The molecule has 0 saturated heterocycles. The molecule has 0 aliphatic carbocycles. The Morgan fingerprint density at radius 1 is 1.31 bits per heavy atom. The van der Waals surface area contributed by atoms with Crippen molar-refractivity contribution in [2.45, 2.75) is 59.9 Å². The highest BCUT2D eigenvalue weighted by molar-refractivity contribution is 7.57. The first-order valence-electron chi connectivity index (χ1n) is 12.9. The standard InChI is InChI=1S/C28H35N2O8P/c1-6-36-27(32)18(4)30-39(34,38-21-9-8-19-12-29-13-20(19)11-21)15-16(2)7-10-22-25(31)24-23(14-37-28(24)33)17(3)26(22)35-5/h7-9,11,18,29,31H,6,10,12-15H2,1-5H3,(H,30,34)/b16-7+/t18-,39?/m0/s1. The van der Waals surface area contributed by atoms with E-state index in [0.717, 1.165) is 23.2 Å². The summed E-state index contributed by atoms with van der Waals surface area (Å²) in [5.74, 6) is -0.386. The largest absolute Gasteiger partial charge is 0.507 e. The lowest BCUT2D eigenvalue weighted by molar-refractivity contribution is -0.144. The lowest BCUT2D eigenvalue weighted by Crippen LogP contribution is -2.35. The summed E-state index contributed by atoms with van der Waals surface area (Å²) in [6, 6.07) is 4.69. The van der Waals surface area contributed by atoms with Crippen molar-refractivity contribution in [3.63, 3.8) is 0 Å². The van der Waals surface area contributed by atoms with Gasteiger partial charge in [0.1, 0.15) is 35.5 Å². The minimum absolute atomic E-state index is 0.0128. The molecule has 11 heteroatoms. The average molecular weight is 559 g/mol. The third kappa shape index (κ3) is 6.13. The van der Waals surface area contributed by atoms with Crippen molar-refractivity contribution in [2.24, 2.45) is 0 Å². The number of carbonyl (C=O) groups excluding carboxylic acids is 2. The van der Waals surface area contributed by atoms with E-state index >= 15 is 0 Å². The molecule has 2 aromatic rings. The van der Waals surface area contributed by atoms with Gasteiger partial charge in [-0.2, -0.15) is 0 Å². The first-order chi connectivity index (χ1) is 18.6. The molecule has 3 N–H and O–H groups in total. The topological polar surface area (TPSA) is 132 Å². The zero-order chi connectivity index (χ0) is 28.3. The van der Waals surface area contributed by atoms with Crippen molar-refractivity contribution in [1.29, 1.82) is 0 Å². The number of esters is 2. The lowest BCUT2D eigenvalue weighted by atomic mass is 9.95. The van der Waals surface area contributed by atoms with Gasteiger partial charge in [-0.1, -0.05) is 17.7 Å². The second-order valence-electron chi connectivity index (χ2n) is 9.73. The Morgan fingerprint density at radius 2 is 2.05 bits per heavy atom. The highest BCUT2D eigenvalue weighted by atomic mass is 31.2. The van der Waals surface area contributed by atoms with E-state index in [1.165, 1.54) is 7.11 Å². The van der Waals surface area contributed by atoms with Crippen LogP contribution in [0, 0.1) is 6.92 Å². The Morgan fingerprint density at radius 3 is 2.77 bits per heavy atom. The smallest absolute Gasteiger partial charge is 0.342 e. The molecule has 0 radical (unpaired) electrons. The summed E-state index contributed by atoms with van der Waals surface area (Å²) in [5.41, 5.74) is 4.83. The molecule has 0 saturated carbocycles. The molecule has 0 spiro atoms. The number of hydrogen-bond acceptors (Lipinski definition) is 9. The summed E-state index contributed by atoms with van der Waals surface area (Å²) in [6.45, 7) is 8.63. The van der Waals surface area contributed by atoms with Gasteiger partial charge in [0.05, 0.1) is 19.9 Å². The third-order valence-corrected chi connectivity index (χ3v) is 9.05. The van der Waals surface area contributed by atoms with E-state index in [4.69, 9.17) is 18.7 Å². The Balaban J connectivity index is 1.60. The van der Waals surface area contributed by atoms with Crippen LogP contribution in [-0.4, -0.2) is 43.0 Å². The maximum atomic E-state index is 14.1. The second kappa shape index (κ2) is 11.8. The predicted molar refractivity (Wildman–Crippen MR) is 145 cm³/mol. The van der Waals surface area contributed by atoms with E-state index in [9.17, 15) is 19.3 Å². The van der Waals surface area contributed by atoms with Gasteiger partial charge in [0.15, 0.2) is 0 Å². The van der Waals surface area contributed by atoms with E-state index in [2.05, 4.69) is 10.4 Å². The number of methoxy groups -OCH3 is 1. The number of hydrogen-bond donors (Lipinski definition) is 3. The average Bonchev–Trinajstić information content (AvgIpc) is 3.51. The van der Waals surface area contributed by atoms with E-state index in [-0.39, 0.29) is 37.1 Å². The third-order valence-electron chi connectivity index (χ3n) is 6.85. The summed E-state index contributed by atoms with van der Waals surface area (Å²) in [7, 11) is -2.15. The van der Waals surface area contributed by atoms with Crippen molar-refractivity contribution in [3.8, 4) is 17.2 Å². The number of phenols is 1. The van der Waals surface area contributed by atoms with Crippen molar-refractivity contribution in [3.05, 3.63) is 63.2 Å². The molecular weight excluding hydrogens is 523 g/mol. The maximum absolute atomic E-state index is 14.1. The number of cyclic esters (lactones) is 1. The zero-order valence-corrected chi connectivity index (χ0v) is 23.8. The first-order valence-corrected chi connectivity index (χ1v) is 14.7. The molecular formula is C28H35N2O8P. The van der Waals surface area contributed by atoms with E-state index in [1.54, 1.807) is 32.9 Å². The molecule has 2 atom stereocenters. The van der Waals surface area contributed by atoms with E-state index < -0.39 is 25.5 Å². The van der Waals surface area contributed by atoms with Crippen molar-refractivity contribution in [2.75, 3.05) is 19.9 Å². The highest BCUT2D eigenvalue weighted by Crippen LogP contribution is 2.46. The SMILES string of the molecule is CCOC(=O)[C@H](C)NP(=O)(C/C(C)=C/Cc1c(O)c2c(c(C)c1OC)COC2=O)Oc1ccc2c(c1)CNC2. The van der Waals surface area contributed by atoms with E-state index in [0.29, 0.717) is 34.7 Å². The fraction of sp³-hybridized carbons (Fsp3) is 0.429. The summed E-state index contributed by atoms with van der Waals surface area (Å²) < 4.78 is 35.9. The molecule has 10 nitrogen and oxygen atoms in total. The zero-order valence-electron chi connectivity index (χ0n) is 22.9. The van der Waals surface area contributed by atoms with Crippen LogP contribution in [-0.2, 0) is 45.0 Å². The number of nitrogens with one attached hydrogen (secondary N) is 2. The highest BCUT2D eigenvalue weighted by Gasteiger charge is 2.33. The number of fused-ring (bicyclic) bond motifs is 2. The van der Waals surface area contributed by atoms with Gasteiger partial charge in [-0.3, -0.25) is 9.36 Å². The monoisotopic (exact) mass is 558 g/mol. The molecule has 2 heterocycles. The normalized spacial score (nSPS) is 16.6. The van der Waals surface area contributed by atoms with Crippen LogP contribution in [0.3, 0.4) is 0 Å². The van der Waals surface area contributed by atoms with Gasteiger partial charge in [-0.05, 0) is 62.9 Å². The van der Waals surface area contributed by atoms with Gasteiger partial charge in [0.2, 0.25) is 0 Å². The van der Waals surface area contributed by atoms with Crippen LogP contribution in [0.2, 0.25) is 0 Å². The van der Waals surface area contributed by atoms with Gasteiger partial charge < -0.3 is 29.2 Å². The minimum atomic E-state index is -3.65. The molecule has 0 aromatic heterocycles. The predicted octanol–water partition coefficient (Wildman–Crippen LogP) is 4.28. The second-order valence-corrected chi connectivity index (χ2v) is 11.8. The molecule has 2 aromatic carbocycles. The van der Waals surface area contributed by atoms with Gasteiger partial charge in [-0.25, -0.2) is 9.88 Å². The Labute approximate surface area is 228 Å². The summed E-state index contributed by atoms with van der Waals surface area (Å²) in [4.78, 5) is 24.5. The molecule has 0 amide bonds. The van der Waals surface area contributed by atoms with Crippen molar-refractivity contribution >= 4 is 19.5 Å². The number of rotatable bonds is 11. The first kappa shape index (κ1) is 28.7. The minimum Gasteiger partial charge on any atom is -0.507 e.